The van der Waals surface area contributed by atoms with Crippen LogP contribution in [0.15, 0.2) is 0 Å². The lowest BCUT2D eigenvalue weighted by Crippen LogP contribution is -2.40. The highest BCUT2D eigenvalue weighted by Gasteiger charge is 2.44. The van der Waals surface area contributed by atoms with Gasteiger partial charge in [-0.3, -0.25) is 0 Å². The summed E-state index contributed by atoms with van der Waals surface area (Å²) < 4.78 is 5.05. The minimum atomic E-state index is -1.20. The van der Waals surface area contributed by atoms with Gasteiger partial charge in [-0.15, -0.1) is 0 Å². The molecule has 0 aromatic rings. The van der Waals surface area contributed by atoms with E-state index < -0.39 is 37.1 Å². The van der Waals surface area contributed by atoms with Crippen LogP contribution < -0.4 is 5.73 Å². The molecule has 1 aliphatic heterocycles. The van der Waals surface area contributed by atoms with Gasteiger partial charge in [0.1, 0.15) is 24.4 Å². The SMILES string of the molecule is NCC1OC(C(O)CO)C(O)C1O. The molecule has 0 aromatic heterocycles. The fourth-order valence-electron chi connectivity index (χ4n) is 1.39. The number of nitrogens with two attached hydrogens (primary N) is 1. The van der Waals surface area contributed by atoms with E-state index in [1.807, 2.05) is 0 Å². The molecular formula is C7H15NO5. The standard InChI is InChI=1S/C7H15NO5/c8-1-4-5(11)6(12)7(13-4)3(10)2-9/h3-7,9-12H,1-2,8H2. The Bertz CT molecular complexity index is 167. The molecule has 0 radical (unpaired) electrons. The maximum Gasteiger partial charge on any atom is 0.115 e. The zero-order valence-corrected chi connectivity index (χ0v) is 7.08. The molecule has 1 aliphatic rings. The Kier molecular flexibility index (Phi) is 3.60. The molecule has 6 nitrogen and oxygen atoms in total. The normalized spacial score (nSPS) is 42.2. The van der Waals surface area contributed by atoms with E-state index >= 15 is 0 Å². The lowest BCUT2D eigenvalue weighted by Gasteiger charge is -2.18. The van der Waals surface area contributed by atoms with E-state index in [0.717, 1.165) is 0 Å². The molecule has 6 N–H and O–H groups in total. The second-order valence-corrected chi connectivity index (χ2v) is 3.11. The maximum atomic E-state index is 9.36. The maximum absolute atomic E-state index is 9.36. The van der Waals surface area contributed by atoms with Crippen molar-refractivity contribution in [1.29, 1.82) is 0 Å². The molecule has 1 saturated heterocycles. The summed E-state index contributed by atoms with van der Waals surface area (Å²) in [5.41, 5.74) is 5.25. The van der Waals surface area contributed by atoms with Crippen molar-refractivity contribution in [3.05, 3.63) is 0 Å². The number of ether oxygens (including phenoxy) is 1. The lowest BCUT2D eigenvalue weighted by atomic mass is 10.0. The summed E-state index contributed by atoms with van der Waals surface area (Å²) in [6, 6.07) is 0. The van der Waals surface area contributed by atoms with Crippen molar-refractivity contribution in [3.8, 4) is 0 Å². The monoisotopic (exact) mass is 193 g/mol. The van der Waals surface area contributed by atoms with Crippen LogP contribution in [0.1, 0.15) is 0 Å². The van der Waals surface area contributed by atoms with Gasteiger partial charge in [0, 0.05) is 6.54 Å². The fraction of sp³-hybridized carbons (Fsp3) is 1.00. The lowest BCUT2D eigenvalue weighted by molar-refractivity contribution is -0.0798. The third kappa shape index (κ3) is 1.98. The molecule has 78 valence electrons. The van der Waals surface area contributed by atoms with Crippen molar-refractivity contribution in [3.63, 3.8) is 0 Å². The van der Waals surface area contributed by atoms with E-state index in [1.165, 1.54) is 0 Å². The number of rotatable bonds is 3. The van der Waals surface area contributed by atoms with E-state index in [0.29, 0.717) is 0 Å². The first kappa shape index (κ1) is 10.8. The van der Waals surface area contributed by atoms with E-state index in [4.69, 9.17) is 15.6 Å². The highest BCUT2D eigenvalue weighted by Crippen LogP contribution is 2.22. The highest BCUT2D eigenvalue weighted by molar-refractivity contribution is 4.93. The zero-order valence-electron chi connectivity index (χ0n) is 7.08. The first-order valence-corrected chi connectivity index (χ1v) is 4.12. The van der Waals surface area contributed by atoms with Crippen LogP contribution in [0.3, 0.4) is 0 Å². The quantitative estimate of drug-likeness (QED) is 0.322. The van der Waals surface area contributed by atoms with E-state index in [1.54, 1.807) is 0 Å². The summed E-state index contributed by atoms with van der Waals surface area (Å²) in [6.07, 6.45) is -5.14. The number of aliphatic hydroxyl groups is 4. The molecule has 6 heteroatoms. The molecule has 1 heterocycles. The molecule has 0 amide bonds. The van der Waals surface area contributed by atoms with Gasteiger partial charge < -0.3 is 30.9 Å². The Morgan fingerprint density at radius 1 is 1.31 bits per heavy atom. The molecule has 0 aromatic carbocycles. The van der Waals surface area contributed by atoms with Crippen LogP contribution in [-0.4, -0.2) is 64.1 Å². The predicted octanol–water partition coefficient (Wildman–Crippen LogP) is -3.21. The Labute approximate surface area is 75.6 Å². The molecule has 1 rings (SSSR count). The van der Waals surface area contributed by atoms with Crippen molar-refractivity contribution in [2.45, 2.75) is 30.5 Å². The van der Waals surface area contributed by atoms with Crippen LogP contribution in [0.25, 0.3) is 0 Å². The van der Waals surface area contributed by atoms with E-state index in [2.05, 4.69) is 0 Å². The van der Waals surface area contributed by atoms with Gasteiger partial charge in [-0.2, -0.15) is 0 Å². The third-order valence-corrected chi connectivity index (χ3v) is 2.20. The Hall–Kier alpha value is -0.240. The van der Waals surface area contributed by atoms with Crippen LogP contribution >= 0.6 is 0 Å². The molecule has 5 unspecified atom stereocenters. The predicted molar refractivity (Wildman–Crippen MR) is 42.8 cm³/mol. The van der Waals surface area contributed by atoms with Gasteiger partial charge in [0.05, 0.1) is 12.7 Å². The largest absolute Gasteiger partial charge is 0.394 e. The van der Waals surface area contributed by atoms with Crippen LogP contribution in [0.5, 0.6) is 0 Å². The molecule has 0 bridgehead atoms. The molecule has 1 fully saturated rings. The van der Waals surface area contributed by atoms with Crippen molar-refractivity contribution < 1.29 is 25.2 Å². The third-order valence-electron chi connectivity index (χ3n) is 2.20. The summed E-state index contributed by atoms with van der Waals surface area (Å²) in [5, 5.41) is 36.5. The van der Waals surface area contributed by atoms with Crippen molar-refractivity contribution in [2.75, 3.05) is 13.2 Å². The first-order chi connectivity index (χ1) is 6.11. The summed E-state index contributed by atoms with van der Waals surface area (Å²) in [6.45, 7) is -0.460. The number of hydrogen-bond acceptors (Lipinski definition) is 6. The molecule has 0 spiro atoms. The number of aliphatic hydroxyl groups excluding tert-OH is 4. The summed E-state index contributed by atoms with van der Waals surface area (Å²) in [7, 11) is 0. The van der Waals surface area contributed by atoms with Crippen molar-refractivity contribution >= 4 is 0 Å². The van der Waals surface area contributed by atoms with Gasteiger partial charge >= 0.3 is 0 Å². The minimum Gasteiger partial charge on any atom is -0.394 e. The Balaban J connectivity index is 2.60. The molecular weight excluding hydrogens is 178 g/mol. The second kappa shape index (κ2) is 4.32. The van der Waals surface area contributed by atoms with Crippen LogP contribution in [0.2, 0.25) is 0 Å². The second-order valence-electron chi connectivity index (χ2n) is 3.11. The highest BCUT2D eigenvalue weighted by atomic mass is 16.6. The minimum absolute atomic E-state index is 0.0624. The first-order valence-electron chi connectivity index (χ1n) is 4.12. The average Bonchev–Trinajstić information content (AvgIpc) is 2.43. The van der Waals surface area contributed by atoms with Gasteiger partial charge in [-0.05, 0) is 0 Å². The van der Waals surface area contributed by atoms with Gasteiger partial charge in [0.15, 0.2) is 0 Å². The molecule has 0 aliphatic carbocycles. The number of hydrogen-bond donors (Lipinski definition) is 5. The van der Waals surface area contributed by atoms with Gasteiger partial charge in [0.25, 0.3) is 0 Å². The van der Waals surface area contributed by atoms with Gasteiger partial charge in [-0.25, -0.2) is 0 Å². The topological polar surface area (TPSA) is 116 Å². The molecule has 13 heavy (non-hydrogen) atoms. The Morgan fingerprint density at radius 2 is 1.92 bits per heavy atom. The van der Waals surface area contributed by atoms with Crippen LogP contribution in [0, 0.1) is 0 Å². The summed E-state index contributed by atoms with van der Waals surface area (Å²) in [4.78, 5) is 0. The Morgan fingerprint density at radius 3 is 2.31 bits per heavy atom. The van der Waals surface area contributed by atoms with E-state index in [-0.39, 0.29) is 6.54 Å². The molecule has 0 saturated carbocycles. The van der Waals surface area contributed by atoms with Crippen LogP contribution in [-0.2, 0) is 4.74 Å². The summed E-state index contributed by atoms with van der Waals surface area (Å²) in [5.74, 6) is 0. The van der Waals surface area contributed by atoms with Crippen LogP contribution in [0.4, 0.5) is 0 Å². The van der Waals surface area contributed by atoms with Crippen molar-refractivity contribution in [1.82, 2.24) is 0 Å². The van der Waals surface area contributed by atoms with E-state index in [9.17, 15) is 15.3 Å². The molecule has 5 atom stereocenters. The van der Waals surface area contributed by atoms with Crippen molar-refractivity contribution in [2.24, 2.45) is 5.73 Å². The smallest absolute Gasteiger partial charge is 0.115 e. The van der Waals surface area contributed by atoms with Gasteiger partial charge in [-0.1, -0.05) is 0 Å². The fourth-order valence-corrected chi connectivity index (χ4v) is 1.39. The average molecular weight is 193 g/mol. The van der Waals surface area contributed by atoms with Gasteiger partial charge in [0.2, 0.25) is 0 Å². The summed E-state index contributed by atoms with van der Waals surface area (Å²) >= 11 is 0. The zero-order chi connectivity index (χ0) is 10.0.